The molecule has 5 heteroatoms. The van der Waals surface area contributed by atoms with Gasteiger partial charge >= 0.3 is 0 Å². The SMILES string of the molecule is COc1ccc(C(C)C#N)c(S(C)(=O)=O)c1. The molecule has 1 unspecified atom stereocenters. The Bertz CT molecular complexity index is 529. The molecule has 0 aliphatic carbocycles. The Labute approximate surface area is 95.4 Å². The van der Waals surface area contributed by atoms with Crippen molar-refractivity contribution in [1.82, 2.24) is 0 Å². The highest BCUT2D eigenvalue weighted by molar-refractivity contribution is 7.90. The lowest BCUT2D eigenvalue weighted by Gasteiger charge is -2.11. The van der Waals surface area contributed by atoms with Gasteiger partial charge in [-0.25, -0.2) is 8.42 Å². The molecule has 0 bridgehead atoms. The van der Waals surface area contributed by atoms with E-state index in [1.807, 2.05) is 6.07 Å². The van der Waals surface area contributed by atoms with Crippen molar-refractivity contribution < 1.29 is 13.2 Å². The van der Waals surface area contributed by atoms with E-state index in [0.717, 1.165) is 6.26 Å². The first-order valence-corrected chi connectivity index (χ1v) is 6.57. The number of hydrogen-bond donors (Lipinski definition) is 0. The quantitative estimate of drug-likeness (QED) is 0.805. The second-order valence-corrected chi connectivity index (χ2v) is 5.51. The Morgan fingerprint density at radius 3 is 2.50 bits per heavy atom. The van der Waals surface area contributed by atoms with Crippen LogP contribution in [0.3, 0.4) is 0 Å². The number of hydrogen-bond acceptors (Lipinski definition) is 4. The van der Waals surface area contributed by atoms with Crippen LogP contribution in [0.15, 0.2) is 23.1 Å². The molecule has 1 aromatic carbocycles. The van der Waals surface area contributed by atoms with Crippen LogP contribution in [-0.2, 0) is 9.84 Å². The molecular weight excluding hydrogens is 226 g/mol. The summed E-state index contributed by atoms with van der Waals surface area (Å²) in [7, 11) is -1.89. The Balaban J connectivity index is 3.47. The van der Waals surface area contributed by atoms with Crippen molar-refractivity contribution in [2.45, 2.75) is 17.7 Å². The zero-order valence-corrected chi connectivity index (χ0v) is 10.2. The molecule has 1 atom stereocenters. The van der Waals surface area contributed by atoms with Crippen molar-refractivity contribution in [2.75, 3.05) is 13.4 Å². The molecule has 0 spiro atoms. The maximum atomic E-state index is 11.6. The predicted octanol–water partition coefficient (Wildman–Crippen LogP) is 1.73. The molecule has 1 aromatic rings. The summed E-state index contributed by atoms with van der Waals surface area (Å²) in [6, 6.07) is 6.73. The first kappa shape index (κ1) is 12.5. The first-order valence-electron chi connectivity index (χ1n) is 4.67. The molecule has 0 aromatic heterocycles. The van der Waals surface area contributed by atoms with Crippen molar-refractivity contribution in [3.8, 4) is 11.8 Å². The van der Waals surface area contributed by atoms with Crippen LogP contribution in [0.25, 0.3) is 0 Å². The summed E-state index contributed by atoms with van der Waals surface area (Å²) in [6.45, 7) is 1.66. The molecule has 0 fully saturated rings. The molecule has 0 saturated carbocycles. The summed E-state index contributed by atoms with van der Waals surface area (Å²) in [6.07, 6.45) is 1.12. The zero-order valence-electron chi connectivity index (χ0n) is 9.39. The molecule has 0 heterocycles. The molecule has 0 N–H and O–H groups in total. The van der Waals surface area contributed by atoms with E-state index < -0.39 is 15.8 Å². The third kappa shape index (κ3) is 2.52. The number of rotatable bonds is 3. The van der Waals surface area contributed by atoms with Gasteiger partial charge in [-0.15, -0.1) is 0 Å². The van der Waals surface area contributed by atoms with Gasteiger partial charge in [0, 0.05) is 6.26 Å². The fourth-order valence-electron chi connectivity index (χ4n) is 1.39. The van der Waals surface area contributed by atoms with E-state index in [9.17, 15) is 8.42 Å². The van der Waals surface area contributed by atoms with Crippen molar-refractivity contribution in [2.24, 2.45) is 0 Å². The first-order chi connectivity index (χ1) is 7.40. The van der Waals surface area contributed by atoms with Crippen LogP contribution in [0.4, 0.5) is 0 Å². The third-order valence-electron chi connectivity index (χ3n) is 2.28. The van der Waals surface area contributed by atoms with Crippen LogP contribution >= 0.6 is 0 Å². The lowest BCUT2D eigenvalue weighted by atomic mass is 10.0. The van der Waals surface area contributed by atoms with Crippen LogP contribution in [0.2, 0.25) is 0 Å². The van der Waals surface area contributed by atoms with Gasteiger partial charge in [-0.2, -0.15) is 5.26 Å². The topological polar surface area (TPSA) is 67.2 Å². The maximum absolute atomic E-state index is 11.6. The third-order valence-corrected chi connectivity index (χ3v) is 3.43. The molecule has 0 saturated heterocycles. The number of benzene rings is 1. The molecule has 0 amide bonds. The Morgan fingerprint density at radius 2 is 2.06 bits per heavy atom. The highest BCUT2D eigenvalue weighted by atomic mass is 32.2. The predicted molar refractivity (Wildman–Crippen MR) is 60.1 cm³/mol. The lowest BCUT2D eigenvalue weighted by molar-refractivity contribution is 0.413. The highest BCUT2D eigenvalue weighted by Crippen LogP contribution is 2.27. The number of nitriles is 1. The molecule has 1 rings (SSSR count). The number of nitrogens with zero attached hydrogens (tertiary/aromatic N) is 1. The summed E-state index contributed by atoms with van der Waals surface area (Å²) in [5.74, 6) is 0.00458. The van der Waals surface area contributed by atoms with Gasteiger partial charge < -0.3 is 4.74 Å². The molecular formula is C11H13NO3S. The van der Waals surface area contributed by atoms with E-state index in [2.05, 4.69) is 0 Å². The van der Waals surface area contributed by atoms with Gasteiger partial charge in [-0.1, -0.05) is 6.07 Å². The van der Waals surface area contributed by atoms with E-state index in [0.29, 0.717) is 11.3 Å². The summed E-state index contributed by atoms with van der Waals surface area (Å²) in [5.41, 5.74) is 0.505. The monoisotopic (exact) mass is 239 g/mol. The van der Waals surface area contributed by atoms with Crippen molar-refractivity contribution in [3.05, 3.63) is 23.8 Å². The minimum absolute atomic E-state index is 0.154. The molecule has 0 aliphatic heterocycles. The molecule has 0 aliphatic rings. The van der Waals surface area contributed by atoms with E-state index in [1.54, 1.807) is 19.1 Å². The van der Waals surface area contributed by atoms with Crippen LogP contribution in [0.1, 0.15) is 18.4 Å². The van der Waals surface area contributed by atoms with Crippen molar-refractivity contribution >= 4 is 9.84 Å². The lowest BCUT2D eigenvalue weighted by Crippen LogP contribution is -2.05. The van der Waals surface area contributed by atoms with Crippen molar-refractivity contribution in [1.29, 1.82) is 5.26 Å². The summed E-state index contributed by atoms with van der Waals surface area (Å²) < 4.78 is 28.1. The Morgan fingerprint density at radius 1 is 1.44 bits per heavy atom. The van der Waals surface area contributed by atoms with Gasteiger partial charge in [0.15, 0.2) is 9.84 Å². The van der Waals surface area contributed by atoms with Gasteiger partial charge in [-0.3, -0.25) is 0 Å². The van der Waals surface area contributed by atoms with E-state index in [-0.39, 0.29) is 4.90 Å². The summed E-state index contributed by atoms with van der Waals surface area (Å²) >= 11 is 0. The average Bonchev–Trinajstić information content (AvgIpc) is 2.26. The van der Waals surface area contributed by atoms with Gasteiger partial charge in [0.1, 0.15) is 5.75 Å². The molecule has 16 heavy (non-hydrogen) atoms. The normalized spacial score (nSPS) is 12.9. The zero-order chi connectivity index (χ0) is 12.3. The smallest absolute Gasteiger partial charge is 0.175 e. The summed E-state index contributed by atoms with van der Waals surface area (Å²) in [4.78, 5) is 0.154. The second kappa shape index (κ2) is 4.54. The largest absolute Gasteiger partial charge is 0.497 e. The highest BCUT2D eigenvalue weighted by Gasteiger charge is 2.18. The van der Waals surface area contributed by atoms with E-state index in [4.69, 9.17) is 10.00 Å². The van der Waals surface area contributed by atoms with Gasteiger partial charge in [0.25, 0.3) is 0 Å². The minimum Gasteiger partial charge on any atom is -0.497 e. The van der Waals surface area contributed by atoms with Crippen LogP contribution in [0, 0.1) is 11.3 Å². The fourth-order valence-corrected chi connectivity index (χ4v) is 2.39. The number of methoxy groups -OCH3 is 1. The van der Waals surface area contributed by atoms with Crippen LogP contribution < -0.4 is 4.74 Å². The number of sulfone groups is 1. The standard InChI is InChI=1S/C11H13NO3S/c1-8(7-12)10-5-4-9(15-2)6-11(10)16(3,13)14/h4-6,8H,1-3H3. The maximum Gasteiger partial charge on any atom is 0.175 e. The summed E-state index contributed by atoms with van der Waals surface area (Å²) in [5, 5.41) is 8.83. The Kier molecular flexibility index (Phi) is 3.55. The van der Waals surface area contributed by atoms with Crippen molar-refractivity contribution in [3.63, 3.8) is 0 Å². The number of ether oxygens (including phenoxy) is 1. The Hall–Kier alpha value is -1.54. The molecule has 4 nitrogen and oxygen atoms in total. The van der Waals surface area contributed by atoms with Gasteiger partial charge in [0.05, 0.1) is 24.0 Å². The van der Waals surface area contributed by atoms with Gasteiger partial charge in [0.2, 0.25) is 0 Å². The second-order valence-electron chi connectivity index (χ2n) is 3.53. The van der Waals surface area contributed by atoms with Crippen LogP contribution in [0.5, 0.6) is 5.75 Å². The van der Waals surface area contributed by atoms with Crippen LogP contribution in [-0.4, -0.2) is 21.8 Å². The average molecular weight is 239 g/mol. The molecule has 86 valence electrons. The van der Waals surface area contributed by atoms with Gasteiger partial charge in [-0.05, 0) is 24.6 Å². The van der Waals surface area contributed by atoms with E-state index in [1.165, 1.54) is 13.2 Å². The minimum atomic E-state index is -3.35. The fraction of sp³-hybridized carbons (Fsp3) is 0.364. The van der Waals surface area contributed by atoms with E-state index >= 15 is 0 Å². The molecule has 0 radical (unpaired) electrons.